The molecule has 126 valence electrons. The van der Waals surface area contributed by atoms with Gasteiger partial charge in [-0.2, -0.15) is 0 Å². The lowest BCUT2D eigenvalue weighted by Gasteiger charge is -2.14. The van der Waals surface area contributed by atoms with Gasteiger partial charge < -0.3 is 9.84 Å². The molecule has 0 saturated heterocycles. The van der Waals surface area contributed by atoms with Crippen LogP contribution in [0.25, 0.3) is 21.0 Å². The van der Waals surface area contributed by atoms with Crippen molar-refractivity contribution in [1.82, 2.24) is 9.55 Å². The SMILES string of the molecule is O=c1c2ccsc2ncn1C[C@H](O)COc1ccc2ccccc2c1. The van der Waals surface area contributed by atoms with Gasteiger partial charge >= 0.3 is 0 Å². The quantitative estimate of drug-likeness (QED) is 0.600. The van der Waals surface area contributed by atoms with E-state index in [1.807, 2.05) is 47.8 Å². The van der Waals surface area contributed by atoms with E-state index in [4.69, 9.17) is 4.74 Å². The van der Waals surface area contributed by atoms with Gasteiger partial charge in [-0.05, 0) is 34.4 Å². The molecule has 0 radical (unpaired) electrons. The summed E-state index contributed by atoms with van der Waals surface area (Å²) in [5.74, 6) is 0.691. The monoisotopic (exact) mass is 352 g/mol. The van der Waals surface area contributed by atoms with Crippen molar-refractivity contribution < 1.29 is 9.84 Å². The zero-order chi connectivity index (χ0) is 17.2. The summed E-state index contributed by atoms with van der Waals surface area (Å²) in [6.45, 7) is 0.248. The van der Waals surface area contributed by atoms with E-state index in [0.717, 1.165) is 10.8 Å². The molecule has 0 fully saturated rings. The van der Waals surface area contributed by atoms with Gasteiger partial charge in [0.2, 0.25) is 0 Å². The molecule has 0 bridgehead atoms. The van der Waals surface area contributed by atoms with Crippen LogP contribution in [0, 0.1) is 0 Å². The average Bonchev–Trinajstić information content (AvgIpc) is 3.12. The lowest BCUT2D eigenvalue weighted by atomic mass is 10.1. The number of thiophene rings is 1. The fourth-order valence-corrected chi connectivity index (χ4v) is 3.48. The molecule has 2 aromatic carbocycles. The number of nitrogens with zero attached hydrogens (tertiary/aromatic N) is 2. The summed E-state index contributed by atoms with van der Waals surface area (Å²) in [5.41, 5.74) is -0.143. The first kappa shape index (κ1) is 15.8. The van der Waals surface area contributed by atoms with Crippen molar-refractivity contribution in [2.75, 3.05) is 6.61 Å². The van der Waals surface area contributed by atoms with Crippen LogP contribution >= 0.6 is 11.3 Å². The molecule has 2 heterocycles. The highest BCUT2D eigenvalue weighted by Gasteiger charge is 2.11. The summed E-state index contributed by atoms with van der Waals surface area (Å²) in [6.07, 6.45) is 0.669. The molecular weight excluding hydrogens is 336 g/mol. The number of aromatic nitrogens is 2. The normalized spacial score (nSPS) is 12.5. The third-order valence-electron chi connectivity index (χ3n) is 4.02. The number of ether oxygens (including phenoxy) is 1. The zero-order valence-electron chi connectivity index (χ0n) is 13.3. The van der Waals surface area contributed by atoms with Crippen LogP contribution < -0.4 is 10.3 Å². The molecule has 4 rings (SSSR count). The minimum absolute atomic E-state index is 0.104. The summed E-state index contributed by atoms with van der Waals surface area (Å²) in [7, 11) is 0. The molecule has 0 saturated carbocycles. The standard InChI is InChI=1S/C19H16N2O3S/c22-15(10-21-12-20-18-17(19(21)23)7-8-25-18)11-24-16-6-5-13-3-1-2-4-14(13)9-16/h1-9,12,15,22H,10-11H2/t15-/m0/s1. The highest BCUT2D eigenvalue weighted by molar-refractivity contribution is 7.16. The first-order chi connectivity index (χ1) is 12.2. The van der Waals surface area contributed by atoms with E-state index in [-0.39, 0.29) is 18.7 Å². The molecule has 4 aromatic rings. The average molecular weight is 352 g/mol. The van der Waals surface area contributed by atoms with Crippen LogP contribution in [0.5, 0.6) is 5.75 Å². The molecule has 5 nitrogen and oxygen atoms in total. The van der Waals surface area contributed by atoms with Crippen LogP contribution in [0.2, 0.25) is 0 Å². The molecule has 25 heavy (non-hydrogen) atoms. The van der Waals surface area contributed by atoms with Gasteiger partial charge in [0.15, 0.2) is 0 Å². The van der Waals surface area contributed by atoms with E-state index in [9.17, 15) is 9.90 Å². The Labute approximate surface area is 147 Å². The van der Waals surface area contributed by atoms with Gasteiger partial charge in [0, 0.05) is 0 Å². The van der Waals surface area contributed by atoms with E-state index in [2.05, 4.69) is 4.98 Å². The van der Waals surface area contributed by atoms with Crippen molar-refractivity contribution in [3.63, 3.8) is 0 Å². The third kappa shape index (κ3) is 3.26. The first-order valence-corrected chi connectivity index (χ1v) is 8.81. The number of benzene rings is 2. The predicted molar refractivity (Wildman–Crippen MR) is 99.3 cm³/mol. The number of hydrogen-bond acceptors (Lipinski definition) is 5. The number of aliphatic hydroxyl groups excluding tert-OH is 1. The Bertz CT molecular complexity index is 1090. The fourth-order valence-electron chi connectivity index (χ4n) is 2.75. The van der Waals surface area contributed by atoms with Gasteiger partial charge in [-0.25, -0.2) is 4.98 Å². The Hall–Kier alpha value is -2.70. The van der Waals surface area contributed by atoms with Gasteiger partial charge in [0.1, 0.15) is 23.3 Å². The highest BCUT2D eigenvalue weighted by atomic mass is 32.1. The minimum Gasteiger partial charge on any atom is -0.491 e. The van der Waals surface area contributed by atoms with Crippen molar-refractivity contribution in [2.24, 2.45) is 0 Å². The lowest BCUT2D eigenvalue weighted by Crippen LogP contribution is -2.30. The van der Waals surface area contributed by atoms with E-state index in [1.165, 1.54) is 22.2 Å². The van der Waals surface area contributed by atoms with Gasteiger partial charge in [-0.1, -0.05) is 30.3 Å². The fraction of sp³-hybridized carbons (Fsp3) is 0.158. The van der Waals surface area contributed by atoms with Crippen molar-refractivity contribution in [2.45, 2.75) is 12.6 Å². The molecule has 0 aliphatic heterocycles. The molecule has 0 unspecified atom stereocenters. The molecule has 0 spiro atoms. The second-order valence-electron chi connectivity index (χ2n) is 5.82. The number of hydrogen-bond donors (Lipinski definition) is 1. The Morgan fingerprint density at radius 1 is 1.16 bits per heavy atom. The lowest BCUT2D eigenvalue weighted by molar-refractivity contribution is 0.0915. The van der Waals surface area contributed by atoms with Gasteiger partial charge in [-0.15, -0.1) is 11.3 Å². The Kier molecular flexibility index (Phi) is 4.21. The molecule has 2 aromatic heterocycles. The molecule has 0 amide bonds. The van der Waals surface area contributed by atoms with Crippen molar-refractivity contribution in [1.29, 1.82) is 0 Å². The molecular formula is C19H16N2O3S. The molecule has 1 N–H and O–H groups in total. The van der Waals surface area contributed by atoms with Gasteiger partial charge in [0.05, 0.1) is 18.3 Å². The van der Waals surface area contributed by atoms with Crippen LogP contribution in [0.4, 0.5) is 0 Å². The van der Waals surface area contributed by atoms with Crippen molar-refractivity contribution in [3.05, 3.63) is 70.6 Å². The third-order valence-corrected chi connectivity index (χ3v) is 4.84. The van der Waals surface area contributed by atoms with Crippen LogP contribution in [0.15, 0.2) is 65.0 Å². The second-order valence-corrected chi connectivity index (χ2v) is 6.71. The molecule has 6 heteroatoms. The summed E-state index contributed by atoms with van der Waals surface area (Å²) >= 11 is 1.43. The molecule has 0 aliphatic rings. The first-order valence-electron chi connectivity index (χ1n) is 7.93. The Balaban J connectivity index is 1.44. The largest absolute Gasteiger partial charge is 0.491 e. The number of aliphatic hydroxyl groups is 1. The van der Waals surface area contributed by atoms with Gasteiger partial charge in [0.25, 0.3) is 5.56 Å². The Morgan fingerprint density at radius 2 is 2.00 bits per heavy atom. The molecule has 0 aliphatic carbocycles. The highest BCUT2D eigenvalue weighted by Crippen LogP contribution is 2.20. The number of fused-ring (bicyclic) bond motifs is 2. The van der Waals surface area contributed by atoms with E-state index in [0.29, 0.717) is 16.0 Å². The van der Waals surface area contributed by atoms with Crippen LogP contribution in [-0.4, -0.2) is 27.4 Å². The molecule has 1 atom stereocenters. The minimum atomic E-state index is -0.804. The summed E-state index contributed by atoms with van der Waals surface area (Å²) in [5, 5.41) is 14.8. The van der Waals surface area contributed by atoms with Crippen molar-refractivity contribution in [3.8, 4) is 5.75 Å². The van der Waals surface area contributed by atoms with E-state index in [1.54, 1.807) is 6.07 Å². The summed E-state index contributed by atoms with van der Waals surface area (Å²) in [4.78, 5) is 17.3. The number of rotatable bonds is 5. The summed E-state index contributed by atoms with van der Waals surface area (Å²) in [6, 6.07) is 15.6. The predicted octanol–water partition coefficient (Wildman–Crippen LogP) is 3.05. The van der Waals surface area contributed by atoms with Crippen LogP contribution in [0.3, 0.4) is 0 Å². The van der Waals surface area contributed by atoms with E-state index >= 15 is 0 Å². The van der Waals surface area contributed by atoms with Crippen molar-refractivity contribution >= 4 is 32.3 Å². The van der Waals surface area contributed by atoms with Gasteiger partial charge in [-0.3, -0.25) is 9.36 Å². The summed E-state index contributed by atoms with van der Waals surface area (Å²) < 4.78 is 7.10. The van der Waals surface area contributed by atoms with E-state index < -0.39 is 6.10 Å². The maximum absolute atomic E-state index is 12.3. The van der Waals surface area contributed by atoms with Crippen LogP contribution in [-0.2, 0) is 6.54 Å². The second kappa shape index (κ2) is 6.66. The Morgan fingerprint density at radius 3 is 2.88 bits per heavy atom. The topological polar surface area (TPSA) is 64.4 Å². The zero-order valence-corrected chi connectivity index (χ0v) is 14.1. The van der Waals surface area contributed by atoms with Crippen LogP contribution in [0.1, 0.15) is 0 Å². The maximum Gasteiger partial charge on any atom is 0.262 e. The smallest absolute Gasteiger partial charge is 0.262 e. The maximum atomic E-state index is 12.3.